The summed E-state index contributed by atoms with van der Waals surface area (Å²) in [6.45, 7) is 76.3. The number of phenolic OH excluding ortho intramolecular Hbond substituents is 5. The number of aldehydes is 1. The van der Waals surface area contributed by atoms with Crippen molar-refractivity contribution in [3.63, 3.8) is 0 Å². The number of isocyanates is 1. The Balaban J connectivity index is 0.00000130. The molecule has 5 rings (SSSR count). The van der Waals surface area contributed by atoms with Crippen LogP contribution in [0.1, 0.15) is 310 Å². The zero-order valence-corrected chi connectivity index (χ0v) is 72.3. The highest BCUT2D eigenvalue weighted by Gasteiger charge is 2.32. The summed E-state index contributed by atoms with van der Waals surface area (Å²) in [5.41, 5.74) is 19.2. The predicted molar refractivity (Wildman–Crippen MR) is 443 cm³/mol. The first kappa shape index (κ1) is 99.3. The summed E-state index contributed by atoms with van der Waals surface area (Å²) in [5, 5.41) is 60.6. The number of nitrogens with zero attached hydrogens (tertiary/aromatic N) is 1. The van der Waals surface area contributed by atoms with E-state index < -0.39 is 11.9 Å². The second kappa shape index (κ2) is 40.1. The van der Waals surface area contributed by atoms with Gasteiger partial charge < -0.3 is 56.7 Å². The van der Waals surface area contributed by atoms with Crippen LogP contribution in [0, 0.1) is 6.92 Å². The van der Waals surface area contributed by atoms with Gasteiger partial charge in [0.2, 0.25) is 12.5 Å². The van der Waals surface area contributed by atoms with Crippen LogP contribution in [0.15, 0.2) is 90.0 Å². The minimum absolute atomic E-state index is 0.0178. The predicted octanol–water partition coefficient (Wildman–Crippen LogP) is 19.1. The first-order chi connectivity index (χ1) is 48.7. The number of hydrogen-bond acceptors (Lipinski definition) is 15. The number of nitrogens with one attached hydrogen (secondary N) is 3. The fourth-order valence-electron chi connectivity index (χ4n) is 10.8. The van der Waals surface area contributed by atoms with Gasteiger partial charge in [0.25, 0.3) is 0 Å². The van der Waals surface area contributed by atoms with E-state index in [1.165, 1.54) is 11.6 Å². The first-order valence-corrected chi connectivity index (χ1v) is 37.0. The van der Waals surface area contributed by atoms with Crippen molar-refractivity contribution >= 4 is 36.7 Å². The first-order valence-electron chi connectivity index (χ1n) is 37.0. The highest BCUT2D eigenvalue weighted by atomic mass is 16.5. The maximum Gasteiger partial charge on any atom is 0.333 e. The zero-order chi connectivity index (χ0) is 84.8. The Bertz CT molecular complexity index is 3750. The highest BCUT2D eigenvalue weighted by molar-refractivity contribution is 5.87. The molecule has 3 amide bonds. The molecule has 10 N–H and O–H groups in total. The summed E-state index contributed by atoms with van der Waals surface area (Å²) in [4.78, 5) is 68.1. The zero-order valence-electron chi connectivity index (χ0n) is 72.3. The van der Waals surface area contributed by atoms with E-state index in [1.54, 1.807) is 26.0 Å². The molecule has 0 aliphatic carbocycles. The molecule has 0 aliphatic rings. The van der Waals surface area contributed by atoms with Crippen molar-refractivity contribution in [2.75, 3.05) is 26.3 Å². The Labute approximate surface area is 649 Å². The molecule has 0 heterocycles. The van der Waals surface area contributed by atoms with Gasteiger partial charge in [0, 0.05) is 47.5 Å². The number of esters is 2. The lowest BCUT2D eigenvalue weighted by atomic mass is 9.78. The second-order valence-corrected chi connectivity index (χ2v) is 38.0. The smallest absolute Gasteiger partial charge is 0.333 e. The van der Waals surface area contributed by atoms with Gasteiger partial charge in [-0.2, -0.15) is 0 Å². The van der Waals surface area contributed by atoms with Gasteiger partial charge in [-0.1, -0.05) is 251 Å². The molecule has 0 saturated heterocycles. The number of amides is 3. The fraction of sp³-hybridized carbons (Fsp3) is 0.556. The van der Waals surface area contributed by atoms with Crippen molar-refractivity contribution in [3.05, 3.63) is 168 Å². The molecule has 5 aromatic carbocycles. The number of aromatic hydroxyl groups is 5. The Morgan fingerprint density at radius 1 is 0.426 bits per heavy atom. The van der Waals surface area contributed by atoms with Gasteiger partial charge in [0.15, 0.2) is 0 Å². The number of carbonyl (C=O) groups is 5. The van der Waals surface area contributed by atoms with Crippen molar-refractivity contribution in [2.45, 2.75) is 302 Å². The molecule has 0 unspecified atom stereocenters. The summed E-state index contributed by atoms with van der Waals surface area (Å²) in [5.74, 6) is 0.938. The van der Waals surface area contributed by atoms with Crippen LogP contribution in [-0.2, 0) is 102 Å². The van der Waals surface area contributed by atoms with Crippen LogP contribution >= 0.6 is 0 Å². The van der Waals surface area contributed by atoms with E-state index in [-0.39, 0.29) is 86.5 Å². The quantitative estimate of drug-likeness (QED) is 0.0118. The molecular formula is C90H139N5O13. The van der Waals surface area contributed by atoms with Crippen LogP contribution in [0.3, 0.4) is 0 Å². The molecule has 5 aromatic rings. The van der Waals surface area contributed by atoms with Crippen molar-refractivity contribution in [2.24, 2.45) is 10.7 Å². The number of aryl methyl sites for hydroxylation is 1. The van der Waals surface area contributed by atoms with Gasteiger partial charge in [0.05, 0.1) is 13.1 Å². The number of carbonyl (C=O) groups excluding carboxylic acids is 6. The molecular weight excluding hydrogens is 1360 g/mol. The SMILES string of the molecule is C=C(C)C(=O)OCCN=C=O.C=C(C)C(=O)OCCNC(=O)NCc1cc(C(C)(C)C)c(O)c(C(C)(C)C)c1.CC(C)(C)c1cc(C=O)cc(C(C)(C)C)c1O.CC(C)(C)c1cc(CN)cc(C(C)(C)C)c1O.CC(C)(C)c1cc(CNC=O)cc(C(C)(C)C)c1O.Cc1cc(C(C)(C)C)c(O)c(C(C)(C)C)c1. The lowest BCUT2D eigenvalue weighted by Crippen LogP contribution is -2.37. The second-order valence-electron chi connectivity index (χ2n) is 38.0. The van der Waals surface area contributed by atoms with Crippen LogP contribution in [0.2, 0.25) is 0 Å². The van der Waals surface area contributed by atoms with E-state index >= 15 is 0 Å². The average Bonchev–Trinajstić information content (AvgIpc) is 0.821. The number of rotatable bonds is 15. The molecule has 0 aliphatic heterocycles. The number of hydrogen-bond donors (Lipinski definition) is 9. The summed E-state index contributed by atoms with van der Waals surface area (Å²) < 4.78 is 9.52. The van der Waals surface area contributed by atoms with Crippen LogP contribution in [0.4, 0.5) is 4.79 Å². The molecule has 0 fully saturated rings. The highest BCUT2D eigenvalue weighted by Crippen LogP contribution is 2.45. The number of phenols is 5. The number of ether oxygens (including phenoxy) is 2. The lowest BCUT2D eigenvalue weighted by molar-refractivity contribution is -0.139. The molecule has 0 atom stereocenters. The monoisotopic (exact) mass is 1500 g/mol. The summed E-state index contributed by atoms with van der Waals surface area (Å²) >= 11 is 0. The molecule has 0 spiro atoms. The molecule has 0 radical (unpaired) electrons. The molecule has 108 heavy (non-hydrogen) atoms. The van der Waals surface area contributed by atoms with Gasteiger partial charge in [-0.15, -0.1) is 0 Å². The van der Waals surface area contributed by atoms with Crippen molar-refractivity contribution < 1.29 is 63.8 Å². The third-order valence-corrected chi connectivity index (χ3v) is 17.0. The number of benzene rings is 5. The number of nitrogens with two attached hydrogens (primary N) is 1. The molecule has 0 saturated carbocycles. The Morgan fingerprint density at radius 3 is 0.935 bits per heavy atom. The lowest BCUT2D eigenvalue weighted by Gasteiger charge is -2.28. The Morgan fingerprint density at radius 2 is 0.685 bits per heavy atom. The summed E-state index contributed by atoms with van der Waals surface area (Å²) in [6.07, 6.45) is 2.86. The van der Waals surface area contributed by atoms with Gasteiger partial charge in [-0.25, -0.2) is 24.2 Å². The third kappa shape index (κ3) is 33.0. The molecule has 602 valence electrons. The van der Waals surface area contributed by atoms with E-state index in [4.69, 9.17) is 10.5 Å². The van der Waals surface area contributed by atoms with Crippen LogP contribution < -0.4 is 21.7 Å². The van der Waals surface area contributed by atoms with Gasteiger partial charge in [0.1, 0.15) is 48.2 Å². The van der Waals surface area contributed by atoms with E-state index in [9.17, 15) is 54.3 Å². The van der Waals surface area contributed by atoms with E-state index in [0.717, 1.165) is 78.6 Å². The molecule has 0 aromatic heterocycles. The van der Waals surface area contributed by atoms with E-state index in [1.807, 2.05) is 119 Å². The maximum absolute atomic E-state index is 12.0. The summed E-state index contributed by atoms with van der Waals surface area (Å²) in [6, 6.07) is 19.2. The van der Waals surface area contributed by atoms with Crippen LogP contribution in [0.25, 0.3) is 0 Å². The van der Waals surface area contributed by atoms with Crippen molar-refractivity contribution in [1.29, 1.82) is 0 Å². The van der Waals surface area contributed by atoms with E-state index in [0.29, 0.717) is 71.5 Å². The average molecular weight is 1500 g/mol. The van der Waals surface area contributed by atoms with E-state index in [2.05, 4.69) is 183 Å². The normalized spacial score (nSPS) is 11.9. The summed E-state index contributed by atoms with van der Waals surface area (Å²) in [7, 11) is 0. The van der Waals surface area contributed by atoms with Gasteiger partial charge in [-0.3, -0.25) is 9.59 Å². The van der Waals surface area contributed by atoms with Crippen molar-refractivity contribution in [1.82, 2.24) is 16.0 Å². The standard InChI is InChI=1S/C22H34N2O4.C16H25NO2.C15H25NO.C15H22O2.C15H24O.C7H9NO3/c1-14(2)19(26)28-10-9-23-20(27)24-13-15-11-16(21(3,4)5)18(25)17(12-15)22(6,7)8;1-15(2,3)12-7-11(9-17-10-18)8-13(14(12)19)16(4,5)6;2*1-14(2,3)11-7-10(9-16)8-12(13(11)17)15(4,5)6;1-10-8-11(14(2,3)4)13(16)12(9-10)15(5,6)7;1-6(2)7(10)11-4-3-8-5-9/h11-12,25H,1,9-10,13H2,2-8H3,(H2,23,24,27);7-8,10,19H,9H2,1-6H3,(H,17,18);7-8,17H,9,16H2,1-6H3;7-9,17H,1-6H3;8-9,16H,1-7H3;1,3-4H2,2H3. The molecule has 18 nitrogen and oxygen atoms in total. The van der Waals surface area contributed by atoms with Crippen molar-refractivity contribution in [3.8, 4) is 28.7 Å². The van der Waals surface area contributed by atoms with Crippen LogP contribution in [0.5, 0.6) is 28.7 Å². The minimum atomic E-state index is -0.476. The van der Waals surface area contributed by atoms with Gasteiger partial charge >= 0.3 is 18.0 Å². The fourth-order valence-corrected chi connectivity index (χ4v) is 10.8. The minimum Gasteiger partial charge on any atom is -0.507 e. The third-order valence-electron chi connectivity index (χ3n) is 17.0. The molecule has 18 heteroatoms. The number of urea groups is 1. The maximum atomic E-state index is 12.0. The van der Waals surface area contributed by atoms with Gasteiger partial charge in [-0.05, 0) is 173 Å². The van der Waals surface area contributed by atoms with Crippen LogP contribution in [-0.4, -0.2) is 88.6 Å². The topological polar surface area (TPSA) is 296 Å². The Hall–Kier alpha value is -8.73. The Kier molecular flexibility index (Phi) is 36.9. The molecule has 0 bridgehead atoms. The largest absolute Gasteiger partial charge is 0.507 e. The number of aliphatic imine (C=N–C) groups is 1.